The van der Waals surface area contributed by atoms with Crippen LogP contribution in [-0.2, 0) is 6.54 Å². The molecule has 0 saturated heterocycles. The van der Waals surface area contributed by atoms with Gasteiger partial charge < -0.3 is 9.88 Å². The Labute approximate surface area is 124 Å². The third-order valence-corrected chi connectivity index (χ3v) is 3.66. The first kappa shape index (κ1) is 13.8. The van der Waals surface area contributed by atoms with Crippen LogP contribution in [0.1, 0.15) is 24.1 Å². The Kier molecular flexibility index (Phi) is 3.97. The van der Waals surface area contributed by atoms with Gasteiger partial charge in [0.05, 0.1) is 23.4 Å². The smallest absolute Gasteiger partial charge is 0.0958 e. The van der Waals surface area contributed by atoms with Gasteiger partial charge in [-0.2, -0.15) is 0 Å². The van der Waals surface area contributed by atoms with Gasteiger partial charge in [0, 0.05) is 18.9 Å². The number of fused-ring (bicyclic) bond motifs is 1. The van der Waals surface area contributed by atoms with Gasteiger partial charge in [0.15, 0.2) is 0 Å². The van der Waals surface area contributed by atoms with Gasteiger partial charge in [-0.25, -0.2) is 4.98 Å². The molecule has 0 radical (unpaired) electrons. The van der Waals surface area contributed by atoms with E-state index in [1.807, 2.05) is 30.9 Å². The van der Waals surface area contributed by atoms with E-state index >= 15 is 0 Å². The number of hydrogen-bond donors (Lipinski definition) is 1. The number of rotatable bonds is 5. The predicted molar refractivity (Wildman–Crippen MR) is 85.1 cm³/mol. The highest BCUT2D eigenvalue weighted by Gasteiger charge is 2.13. The second-order valence-electron chi connectivity index (χ2n) is 5.29. The lowest BCUT2D eigenvalue weighted by Crippen LogP contribution is -2.25. The van der Waals surface area contributed by atoms with Crippen molar-refractivity contribution < 1.29 is 0 Å². The van der Waals surface area contributed by atoms with Gasteiger partial charge in [-0.05, 0) is 36.7 Å². The summed E-state index contributed by atoms with van der Waals surface area (Å²) in [5, 5.41) is 3.54. The third-order valence-electron chi connectivity index (χ3n) is 3.66. The fraction of sp³-hybridized carbons (Fsp3) is 0.294. The molecule has 1 unspecified atom stereocenters. The molecule has 3 rings (SSSR count). The van der Waals surface area contributed by atoms with Crippen LogP contribution in [0.15, 0.2) is 49.1 Å². The van der Waals surface area contributed by atoms with E-state index in [2.05, 4.69) is 51.9 Å². The number of benzene rings is 1. The number of aryl methyl sites for hydroxylation is 1. The maximum Gasteiger partial charge on any atom is 0.0958 e. The second kappa shape index (κ2) is 6.06. The van der Waals surface area contributed by atoms with Crippen LogP contribution in [0, 0.1) is 6.92 Å². The van der Waals surface area contributed by atoms with Crippen molar-refractivity contribution in [3.05, 3.63) is 60.2 Å². The summed E-state index contributed by atoms with van der Waals surface area (Å²) in [4.78, 5) is 8.78. The molecule has 4 nitrogen and oxygen atoms in total. The number of nitrogens with zero attached hydrogens (tertiary/aromatic N) is 3. The molecule has 21 heavy (non-hydrogen) atoms. The lowest BCUT2D eigenvalue weighted by molar-refractivity contribution is 0.480. The highest BCUT2D eigenvalue weighted by molar-refractivity contribution is 5.74. The van der Waals surface area contributed by atoms with Crippen LogP contribution in [0.3, 0.4) is 0 Å². The molecular weight excluding hydrogens is 260 g/mol. The maximum absolute atomic E-state index is 4.46. The average molecular weight is 280 g/mol. The first-order chi connectivity index (χ1) is 10.3. The van der Waals surface area contributed by atoms with Gasteiger partial charge in [-0.15, -0.1) is 0 Å². The van der Waals surface area contributed by atoms with Crippen molar-refractivity contribution >= 4 is 11.0 Å². The van der Waals surface area contributed by atoms with Crippen LogP contribution in [0.5, 0.6) is 0 Å². The minimum atomic E-state index is 0.236. The second-order valence-corrected chi connectivity index (χ2v) is 5.29. The van der Waals surface area contributed by atoms with Crippen LogP contribution in [0.25, 0.3) is 11.0 Å². The molecule has 0 spiro atoms. The van der Waals surface area contributed by atoms with E-state index in [1.165, 1.54) is 16.6 Å². The molecule has 0 aliphatic rings. The van der Waals surface area contributed by atoms with Gasteiger partial charge in [0.2, 0.25) is 0 Å². The zero-order chi connectivity index (χ0) is 14.7. The number of imidazole rings is 1. The summed E-state index contributed by atoms with van der Waals surface area (Å²) in [7, 11) is 0. The van der Waals surface area contributed by atoms with Gasteiger partial charge in [0.25, 0.3) is 0 Å². The first-order valence-corrected chi connectivity index (χ1v) is 7.32. The lowest BCUT2D eigenvalue weighted by atomic mass is 10.1. The van der Waals surface area contributed by atoms with E-state index < -0.39 is 0 Å². The van der Waals surface area contributed by atoms with Crippen molar-refractivity contribution in [2.45, 2.75) is 26.4 Å². The third kappa shape index (κ3) is 2.95. The highest BCUT2D eigenvalue weighted by Crippen LogP contribution is 2.19. The summed E-state index contributed by atoms with van der Waals surface area (Å²) in [6, 6.07) is 10.7. The van der Waals surface area contributed by atoms with E-state index in [0.717, 1.165) is 18.6 Å². The SMILES string of the molecule is CCNC(Cn1cnc2ccccc21)c1cncc(C)c1. The first-order valence-electron chi connectivity index (χ1n) is 7.32. The summed E-state index contributed by atoms with van der Waals surface area (Å²) in [6.07, 6.45) is 5.75. The van der Waals surface area contributed by atoms with Crippen molar-refractivity contribution in [3.63, 3.8) is 0 Å². The zero-order valence-electron chi connectivity index (χ0n) is 12.5. The molecular formula is C17H20N4. The average Bonchev–Trinajstić information content (AvgIpc) is 2.90. The van der Waals surface area contributed by atoms with E-state index in [0.29, 0.717) is 0 Å². The van der Waals surface area contributed by atoms with Gasteiger partial charge in [0.1, 0.15) is 0 Å². The molecule has 0 fully saturated rings. The number of nitrogens with one attached hydrogen (secondary N) is 1. The molecule has 1 N–H and O–H groups in total. The predicted octanol–water partition coefficient (Wildman–Crippen LogP) is 3.09. The molecule has 2 aromatic heterocycles. The summed E-state index contributed by atoms with van der Waals surface area (Å²) < 4.78 is 2.20. The van der Waals surface area contributed by atoms with Crippen LogP contribution in [0.2, 0.25) is 0 Å². The molecule has 0 aliphatic heterocycles. The largest absolute Gasteiger partial charge is 0.329 e. The molecule has 3 aromatic rings. The quantitative estimate of drug-likeness (QED) is 0.781. The van der Waals surface area contributed by atoms with E-state index in [4.69, 9.17) is 0 Å². The van der Waals surface area contributed by atoms with E-state index in [-0.39, 0.29) is 6.04 Å². The Morgan fingerprint density at radius 2 is 2.10 bits per heavy atom. The summed E-state index contributed by atoms with van der Waals surface area (Å²) in [6.45, 7) is 5.97. The van der Waals surface area contributed by atoms with Crippen LogP contribution in [0.4, 0.5) is 0 Å². The van der Waals surface area contributed by atoms with Gasteiger partial charge in [-0.1, -0.05) is 25.1 Å². The number of likely N-dealkylation sites (N-methyl/N-ethyl adjacent to an activating group) is 1. The molecule has 0 saturated carbocycles. The van der Waals surface area contributed by atoms with E-state index in [9.17, 15) is 0 Å². The Hall–Kier alpha value is -2.20. The molecule has 2 heterocycles. The molecule has 1 aromatic carbocycles. The number of para-hydroxylation sites is 2. The lowest BCUT2D eigenvalue weighted by Gasteiger charge is -2.19. The topological polar surface area (TPSA) is 42.7 Å². The van der Waals surface area contributed by atoms with Crippen molar-refractivity contribution in [2.24, 2.45) is 0 Å². The molecule has 0 aliphatic carbocycles. The van der Waals surface area contributed by atoms with Crippen LogP contribution in [-0.4, -0.2) is 21.1 Å². The molecule has 0 amide bonds. The number of hydrogen-bond acceptors (Lipinski definition) is 3. The van der Waals surface area contributed by atoms with Gasteiger partial charge in [-0.3, -0.25) is 4.98 Å². The summed E-state index contributed by atoms with van der Waals surface area (Å²) >= 11 is 0. The van der Waals surface area contributed by atoms with Gasteiger partial charge >= 0.3 is 0 Å². The summed E-state index contributed by atoms with van der Waals surface area (Å²) in [5.74, 6) is 0. The Bertz CT molecular complexity index is 732. The van der Waals surface area contributed by atoms with Crippen molar-refractivity contribution in [1.82, 2.24) is 19.9 Å². The van der Waals surface area contributed by atoms with Crippen molar-refractivity contribution in [2.75, 3.05) is 6.54 Å². The fourth-order valence-electron chi connectivity index (χ4n) is 2.66. The fourth-order valence-corrected chi connectivity index (χ4v) is 2.66. The highest BCUT2D eigenvalue weighted by atomic mass is 15.1. The monoisotopic (exact) mass is 280 g/mol. The van der Waals surface area contributed by atoms with Crippen LogP contribution >= 0.6 is 0 Å². The Morgan fingerprint density at radius 1 is 1.24 bits per heavy atom. The number of pyridine rings is 1. The normalized spacial score (nSPS) is 12.7. The maximum atomic E-state index is 4.46. The minimum absolute atomic E-state index is 0.236. The standard InChI is InChI=1S/C17H20N4/c1-3-19-16(14-8-13(2)9-18-10-14)11-21-12-20-15-6-4-5-7-17(15)21/h4-10,12,16,19H,3,11H2,1-2H3. The molecule has 1 atom stereocenters. The summed E-state index contributed by atoms with van der Waals surface area (Å²) in [5.41, 5.74) is 4.61. The van der Waals surface area contributed by atoms with Crippen molar-refractivity contribution in [3.8, 4) is 0 Å². The van der Waals surface area contributed by atoms with Crippen molar-refractivity contribution in [1.29, 1.82) is 0 Å². The van der Waals surface area contributed by atoms with E-state index in [1.54, 1.807) is 0 Å². The van der Waals surface area contributed by atoms with Crippen LogP contribution < -0.4 is 5.32 Å². The molecule has 4 heteroatoms. The number of aromatic nitrogens is 3. The molecule has 108 valence electrons. The minimum Gasteiger partial charge on any atom is -0.329 e. The Balaban J connectivity index is 1.92. The zero-order valence-corrected chi connectivity index (χ0v) is 12.5. The Morgan fingerprint density at radius 3 is 2.90 bits per heavy atom. The molecule has 0 bridgehead atoms.